The molecule has 11 atom stereocenters. The molecule has 0 bridgehead atoms. The van der Waals surface area contributed by atoms with Crippen LogP contribution in [0.2, 0.25) is 0 Å². The van der Waals surface area contributed by atoms with E-state index in [0.29, 0.717) is 12.8 Å². The molecule has 2 aliphatic heterocycles. The molecule has 15 heteroatoms. The third-order valence-corrected chi connectivity index (χ3v) is 15.4. The molecule has 11 unspecified atom stereocenters. The number of aliphatic hydroxyl groups excluding tert-OH is 7. The number of allylic oxidation sites excluding steroid dienone is 4. The Morgan fingerprint density at radius 1 is 0.410 bits per heavy atom. The molecule has 0 saturated carbocycles. The first-order valence-electron chi connectivity index (χ1n) is 31.9. The Morgan fingerprint density at radius 3 is 1.21 bits per heavy atom. The predicted octanol–water partition coefficient (Wildman–Crippen LogP) is 11.8. The number of carbonyl (C=O) groups excluding carboxylic acids is 2. The van der Waals surface area contributed by atoms with Crippen molar-refractivity contribution < 1.29 is 73.8 Å². The molecular weight excluding hydrogens is 997 g/mol. The van der Waals surface area contributed by atoms with E-state index in [1.807, 2.05) is 0 Å². The van der Waals surface area contributed by atoms with Crippen molar-refractivity contribution in [3.05, 3.63) is 24.3 Å². The van der Waals surface area contributed by atoms with Crippen molar-refractivity contribution in [3.63, 3.8) is 0 Å². The van der Waals surface area contributed by atoms with Crippen LogP contribution in [0.1, 0.15) is 271 Å². The number of esters is 2. The number of hydrogen-bond acceptors (Lipinski definition) is 15. The normalized spacial score (nSPS) is 24.1. The number of aliphatic hydroxyl groups is 7. The molecular formula is C63H116O15. The van der Waals surface area contributed by atoms with Crippen molar-refractivity contribution >= 4 is 11.9 Å². The first-order chi connectivity index (χ1) is 38.0. The summed E-state index contributed by atoms with van der Waals surface area (Å²) in [6, 6.07) is 0. The lowest BCUT2D eigenvalue weighted by Crippen LogP contribution is -2.61. The summed E-state index contributed by atoms with van der Waals surface area (Å²) in [5, 5.41) is 72.4. The van der Waals surface area contributed by atoms with Crippen LogP contribution >= 0.6 is 0 Å². The van der Waals surface area contributed by atoms with Gasteiger partial charge in [0, 0.05) is 12.8 Å². The maximum absolute atomic E-state index is 13.1. The van der Waals surface area contributed by atoms with Crippen LogP contribution in [0.3, 0.4) is 0 Å². The molecule has 2 heterocycles. The van der Waals surface area contributed by atoms with Crippen LogP contribution in [-0.4, -0.2) is 142 Å². The van der Waals surface area contributed by atoms with Crippen molar-refractivity contribution in [2.24, 2.45) is 0 Å². The van der Waals surface area contributed by atoms with Crippen molar-refractivity contribution in [1.82, 2.24) is 0 Å². The van der Waals surface area contributed by atoms with Gasteiger partial charge in [0.25, 0.3) is 0 Å². The summed E-state index contributed by atoms with van der Waals surface area (Å²) in [6.45, 7) is 2.63. The SMILES string of the molecule is CCCCCC/C=C\C/C=C\CCCCCCCCCC(=O)OC(COC(=O)CCCCCCCCCCCCCCCCCCCCCCCCCC)COC1OC(COC2OC(CO)C(O)C(O)C2O)C(O)C(O)C1O. The molecule has 458 valence electrons. The Bertz CT molecular complexity index is 1450. The van der Waals surface area contributed by atoms with Gasteiger partial charge in [0.05, 0.1) is 19.8 Å². The highest BCUT2D eigenvalue weighted by Gasteiger charge is 2.47. The molecule has 7 N–H and O–H groups in total. The average molecular weight is 1110 g/mol. The van der Waals surface area contributed by atoms with E-state index in [9.17, 15) is 45.3 Å². The predicted molar refractivity (Wildman–Crippen MR) is 307 cm³/mol. The van der Waals surface area contributed by atoms with Gasteiger partial charge in [-0.3, -0.25) is 9.59 Å². The van der Waals surface area contributed by atoms with Gasteiger partial charge in [-0.15, -0.1) is 0 Å². The second-order valence-electron chi connectivity index (χ2n) is 22.6. The van der Waals surface area contributed by atoms with Crippen molar-refractivity contribution in [1.29, 1.82) is 0 Å². The molecule has 0 amide bonds. The third kappa shape index (κ3) is 35.8. The van der Waals surface area contributed by atoms with E-state index < -0.39 is 92.7 Å². The Labute approximate surface area is 473 Å². The molecule has 0 radical (unpaired) electrons. The van der Waals surface area contributed by atoms with Crippen LogP contribution in [-0.2, 0) is 38.0 Å². The number of carbonyl (C=O) groups is 2. The van der Waals surface area contributed by atoms with Crippen molar-refractivity contribution in [3.8, 4) is 0 Å². The molecule has 2 rings (SSSR count). The molecule has 2 fully saturated rings. The highest BCUT2D eigenvalue weighted by atomic mass is 16.7. The zero-order valence-electron chi connectivity index (χ0n) is 49.2. The minimum Gasteiger partial charge on any atom is -0.462 e. The number of ether oxygens (including phenoxy) is 6. The maximum atomic E-state index is 13.1. The molecule has 0 spiro atoms. The summed E-state index contributed by atoms with van der Waals surface area (Å²) < 4.78 is 33.8. The van der Waals surface area contributed by atoms with E-state index in [1.54, 1.807) is 0 Å². The van der Waals surface area contributed by atoms with Gasteiger partial charge >= 0.3 is 11.9 Å². The van der Waals surface area contributed by atoms with Gasteiger partial charge in [0.15, 0.2) is 18.7 Å². The van der Waals surface area contributed by atoms with Crippen LogP contribution in [0.5, 0.6) is 0 Å². The molecule has 0 aromatic carbocycles. The van der Waals surface area contributed by atoms with Gasteiger partial charge in [-0.05, 0) is 44.9 Å². The summed E-state index contributed by atoms with van der Waals surface area (Å²) >= 11 is 0. The molecule has 78 heavy (non-hydrogen) atoms. The van der Waals surface area contributed by atoms with E-state index in [2.05, 4.69) is 38.2 Å². The smallest absolute Gasteiger partial charge is 0.306 e. The minimum absolute atomic E-state index is 0.160. The topological polar surface area (TPSA) is 231 Å². The van der Waals surface area contributed by atoms with Crippen LogP contribution in [0.4, 0.5) is 0 Å². The quantitative estimate of drug-likeness (QED) is 0.0171. The van der Waals surface area contributed by atoms with Crippen LogP contribution in [0.15, 0.2) is 24.3 Å². The van der Waals surface area contributed by atoms with Crippen molar-refractivity contribution in [2.75, 3.05) is 26.4 Å². The van der Waals surface area contributed by atoms with E-state index in [-0.39, 0.29) is 26.1 Å². The Balaban J connectivity index is 1.70. The molecule has 2 saturated heterocycles. The van der Waals surface area contributed by atoms with E-state index in [0.717, 1.165) is 64.2 Å². The molecule has 0 aromatic heterocycles. The zero-order chi connectivity index (χ0) is 56.7. The van der Waals surface area contributed by atoms with Gasteiger partial charge in [0.2, 0.25) is 0 Å². The van der Waals surface area contributed by atoms with Crippen LogP contribution < -0.4 is 0 Å². The molecule has 0 aliphatic carbocycles. The minimum atomic E-state index is -1.77. The first-order valence-corrected chi connectivity index (χ1v) is 31.9. The fourth-order valence-electron chi connectivity index (χ4n) is 10.3. The highest BCUT2D eigenvalue weighted by molar-refractivity contribution is 5.70. The summed E-state index contributed by atoms with van der Waals surface area (Å²) in [5.74, 6) is -0.918. The summed E-state index contributed by atoms with van der Waals surface area (Å²) in [6.07, 6.45) is 39.2. The third-order valence-electron chi connectivity index (χ3n) is 15.4. The average Bonchev–Trinajstić information content (AvgIpc) is 3.44. The van der Waals surface area contributed by atoms with Gasteiger partial charge < -0.3 is 64.2 Å². The zero-order valence-corrected chi connectivity index (χ0v) is 49.2. The van der Waals surface area contributed by atoms with E-state index in [4.69, 9.17) is 28.4 Å². The summed E-state index contributed by atoms with van der Waals surface area (Å²) in [7, 11) is 0. The fourth-order valence-corrected chi connectivity index (χ4v) is 10.3. The highest BCUT2D eigenvalue weighted by Crippen LogP contribution is 2.27. The van der Waals surface area contributed by atoms with E-state index >= 15 is 0 Å². The lowest BCUT2D eigenvalue weighted by molar-refractivity contribution is -0.332. The Kier molecular flexibility index (Phi) is 45.8. The Hall–Kier alpha value is -2.02. The van der Waals surface area contributed by atoms with E-state index in [1.165, 1.54) is 167 Å². The lowest BCUT2D eigenvalue weighted by atomic mass is 9.98. The maximum Gasteiger partial charge on any atom is 0.306 e. The fraction of sp³-hybridized carbons (Fsp3) is 0.905. The van der Waals surface area contributed by atoms with Crippen LogP contribution in [0, 0.1) is 0 Å². The number of unbranched alkanes of at least 4 members (excludes halogenated alkanes) is 34. The second-order valence-corrected chi connectivity index (χ2v) is 22.6. The molecule has 0 aromatic rings. The van der Waals surface area contributed by atoms with Gasteiger partial charge in [0.1, 0.15) is 55.4 Å². The summed E-state index contributed by atoms with van der Waals surface area (Å²) in [5.41, 5.74) is 0. The number of hydrogen-bond donors (Lipinski definition) is 7. The molecule has 2 aliphatic rings. The van der Waals surface area contributed by atoms with Gasteiger partial charge in [-0.1, -0.05) is 237 Å². The molecule has 15 nitrogen and oxygen atoms in total. The summed E-state index contributed by atoms with van der Waals surface area (Å²) in [4.78, 5) is 26.0. The number of rotatable bonds is 52. The first kappa shape index (κ1) is 72.1. The Morgan fingerprint density at radius 2 is 0.769 bits per heavy atom. The second kappa shape index (κ2) is 49.6. The van der Waals surface area contributed by atoms with Crippen molar-refractivity contribution in [2.45, 2.75) is 338 Å². The largest absolute Gasteiger partial charge is 0.462 e. The van der Waals surface area contributed by atoms with Gasteiger partial charge in [-0.25, -0.2) is 0 Å². The standard InChI is InChI=1S/C63H116O15/c1-3-5-7-9-11-13-15-17-19-21-23-24-25-26-27-28-30-31-33-35-37-39-41-43-45-54(65)73-48-51(76-55(66)46-44-42-40-38-36-34-32-29-22-20-18-16-14-12-10-8-6-4-2)49-74-62-61(72)59(70)57(68)53(78-62)50-75-63-60(71)58(69)56(67)52(47-64)77-63/h14,16,20,22,51-53,56-64,67-72H,3-13,15,17-19,21,23-50H2,1-2H3/b16-14-,22-20-. The lowest BCUT2D eigenvalue weighted by Gasteiger charge is -2.42. The van der Waals surface area contributed by atoms with Crippen LogP contribution in [0.25, 0.3) is 0 Å². The van der Waals surface area contributed by atoms with Gasteiger partial charge in [-0.2, -0.15) is 0 Å². The monoisotopic (exact) mass is 1110 g/mol.